The summed E-state index contributed by atoms with van der Waals surface area (Å²) in [6.45, 7) is 5.37. The molecule has 112 valence electrons. The van der Waals surface area contributed by atoms with Crippen molar-refractivity contribution in [1.29, 1.82) is 0 Å². The van der Waals surface area contributed by atoms with Gasteiger partial charge in [-0.3, -0.25) is 9.59 Å². The normalized spacial score (nSPS) is 13.6. The third-order valence-corrected chi connectivity index (χ3v) is 2.36. The van der Waals surface area contributed by atoms with Crippen LogP contribution in [0.3, 0.4) is 0 Å². The van der Waals surface area contributed by atoms with Gasteiger partial charge in [0.1, 0.15) is 11.5 Å². The quantitative estimate of drug-likeness (QED) is 0.786. The van der Waals surface area contributed by atoms with Gasteiger partial charge < -0.3 is 14.8 Å². The van der Waals surface area contributed by atoms with Gasteiger partial charge in [0.15, 0.2) is 0 Å². The van der Waals surface area contributed by atoms with Gasteiger partial charge in [-0.25, -0.2) is 0 Å². The zero-order valence-electron chi connectivity index (χ0n) is 12.8. The molecule has 0 heterocycles. The van der Waals surface area contributed by atoms with Crippen molar-refractivity contribution in [2.24, 2.45) is 0 Å². The fourth-order valence-electron chi connectivity index (χ4n) is 1.49. The molecule has 1 rings (SSSR count). The molecule has 0 aliphatic heterocycles. The fourth-order valence-corrected chi connectivity index (χ4v) is 1.49. The molecule has 0 spiro atoms. The second-order valence-corrected chi connectivity index (χ2v) is 3.82. The summed E-state index contributed by atoms with van der Waals surface area (Å²) >= 11 is 0. The van der Waals surface area contributed by atoms with Gasteiger partial charge in [-0.05, 0) is 25.2 Å². The molecule has 0 unspecified atom stereocenters. The van der Waals surface area contributed by atoms with E-state index in [1.54, 1.807) is 25.3 Å². The number of amides is 1. The number of allylic oxidation sites excluding steroid dienone is 3. The van der Waals surface area contributed by atoms with E-state index in [1.807, 2.05) is 13.8 Å². The summed E-state index contributed by atoms with van der Waals surface area (Å²) in [5.74, 6) is 0.761. The van der Waals surface area contributed by atoms with Gasteiger partial charge in [-0.15, -0.1) is 0 Å². The van der Waals surface area contributed by atoms with Crippen molar-refractivity contribution < 1.29 is 19.1 Å². The van der Waals surface area contributed by atoms with Crippen molar-refractivity contribution >= 4 is 11.7 Å². The first-order valence-electron chi connectivity index (χ1n) is 6.55. The molecule has 0 saturated carbocycles. The van der Waals surface area contributed by atoms with Gasteiger partial charge in [0, 0.05) is 6.42 Å². The first kappa shape index (κ1) is 18.0. The molecule has 20 heavy (non-hydrogen) atoms. The van der Waals surface area contributed by atoms with Crippen LogP contribution in [-0.2, 0) is 19.1 Å². The lowest BCUT2D eigenvalue weighted by Crippen LogP contribution is -2.25. The van der Waals surface area contributed by atoms with Crippen LogP contribution in [0.15, 0.2) is 35.4 Å². The highest BCUT2D eigenvalue weighted by Gasteiger charge is 2.13. The second kappa shape index (κ2) is 9.83. The van der Waals surface area contributed by atoms with E-state index in [0.717, 1.165) is 5.76 Å². The number of Topliss-reactive ketones (excluding diaryl/α,β-unsaturated/α-hetero) is 1. The molecule has 0 aromatic heterocycles. The molecule has 0 atom stereocenters. The molecule has 1 aliphatic rings. The summed E-state index contributed by atoms with van der Waals surface area (Å²) in [5, 5.41) is 2.66. The summed E-state index contributed by atoms with van der Waals surface area (Å²) in [6.07, 6.45) is 5.69. The molecule has 0 bridgehead atoms. The molecule has 0 saturated heterocycles. The average Bonchev–Trinajstić information content (AvgIpc) is 2.62. The van der Waals surface area contributed by atoms with Gasteiger partial charge in [0.05, 0.1) is 32.1 Å². The Labute approximate surface area is 120 Å². The van der Waals surface area contributed by atoms with Crippen molar-refractivity contribution in [3.8, 4) is 0 Å². The second-order valence-electron chi connectivity index (χ2n) is 3.82. The van der Waals surface area contributed by atoms with E-state index >= 15 is 0 Å². The Bertz CT molecular complexity index is 433. The van der Waals surface area contributed by atoms with Crippen molar-refractivity contribution in [1.82, 2.24) is 5.32 Å². The molecular formula is C15H23NO4. The zero-order valence-corrected chi connectivity index (χ0v) is 12.8. The van der Waals surface area contributed by atoms with Crippen LogP contribution in [0.5, 0.6) is 0 Å². The molecule has 0 aromatic carbocycles. The Balaban J connectivity index is 0.00000172. The third-order valence-electron chi connectivity index (χ3n) is 2.36. The maximum atomic E-state index is 11.5. The van der Waals surface area contributed by atoms with Crippen LogP contribution in [0.1, 0.15) is 33.6 Å². The highest BCUT2D eigenvalue weighted by Crippen LogP contribution is 2.17. The highest BCUT2D eigenvalue weighted by molar-refractivity contribution is 5.97. The molecule has 5 heteroatoms. The number of hydrogen-bond acceptors (Lipinski definition) is 4. The van der Waals surface area contributed by atoms with Gasteiger partial charge in [-0.1, -0.05) is 13.8 Å². The third kappa shape index (κ3) is 6.22. The number of rotatable bonds is 5. The number of ketones is 1. The number of nitrogens with one attached hydrogen (secondary N) is 1. The predicted octanol–water partition coefficient (Wildman–Crippen LogP) is 2.46. The zero-order chi connectivity index (χ0) is 15.5. The van der Waals surface area contributed by atoms with E-state index in [0.29, 0.717) is 17.9 Å². The SMILES string of the molecule is CC.COC1=CC=C(OC)C(NC(=O)CC(C)=O)=CC1. The van der Waals surface area contributed by atoms with Crippen LogP contribution in [0.2, 0.25) is 0 Å². The van der Waals surface area contributed by atoms with Crippen molar-refractivity contribution in [2.75, 3.05) is 14.2 Å². The van der Waals surface area contributed by atoms with Gasteiger partial charge in [0.25, 0.3) is 0 Å². The van der Waals surface area contributed by atoms with Crippen molar-refractivity contribution in [3.05, 3.63) is 35.4 Å². The Morgan fingerprint density at radius 2 is 1.85 bits per heavy atom. The average molecular weight is 281 g/mol. The molecule has 0 fully saturated rings. The van der Waals surface area contributed by atoms with Crippen molar-refractivity contribution in [3.63, 3.8) is 0 Å². The predicted molar refractivity (Wildman–Crippen MR) is 77.7 cm³/mol. The molecule has 0 radical (unpaired) electrons. The fraction of sp³-hybridized carbons (Fsp3) is 0.467. The Morgan fingerprint density at radius 3 is 2.35 bits per heavy atom. The summed E-state index contributed by atoms with van der Waals surface area (Å²) in [5.41, 5.74) is 0.548. The highest BCUT2D eigenvalue weighted by atomic mass is 16.5. The van der Waals surface area contributed by atoms with Gasteiger partial charge >= 0.3 is 0 Å². The van der Waals surface area contributed by atoms with E-state index in [1.165, 1.54) is 14.0 Å². The van der Waals surface area contributed by atoms with E-state index in [2.05, 4.69) is 5.32 Å². The minimum absolute atomic E-state index is 0.140. The van der Waals surface area contributed by atoms with E-state index in [-0.39, 0.29) is 18.1 Å². The Kier molecular flexibility index (Phi) is 8.83. The van der Waals surface area contributed by atoms with E-state index in [9.17, 15) is 9.59 Å². The standard InChI is InChI=1S/C13H17NO4.C2H6/c1-9(15)8-13(16)14-11-6-4-10(17-2)5-7-12(11)18-3;1-2/h5-7H,4,8H2,1-3H3,(H,14,16);1-2H3. The lowest BCUT2D eigenvalue weighted by molar-refractivity contribution is -0.126. The van der Waals surface area contributed by atoms with Crippen molar-refractivity contribution in [2.45, 2.75) is 33.6 Å². The minimum Gasteiger partial charge on any atom is -0.501 e. The lowest BCUT2D eigenvalue weighted by Gasteiger charge is -2.11. The lowest BCUT2D eigenvalue weighted by atomic mass is 10.2. The van der Waals surface area contributed by atoms with Crippen LogP contribution in [0, 0.1) is 0 Å². The number of carbonyl (C=O) groups is 2. The van der Waals surface area contributed by atoms with Crippen LogP contribution in [0.4, 0.5) is 0 Å². The van der Waals surface area contributed by atoms with Gasteiger partial charge in [-0.2, -0.15) is 0 Å². The summed E-state index contributed by atoms with van der Waals surface area (Å²) < 4.78 is 10.3. The summed E-state index contributed by atoms with van der Waals surface area (Å²) in [7, 11) is 3.10. The molecule has 1 N–H and O–H groups in total. The monoisotopic (exact) mass is 281 g/mol. The number of hydrogen-bond donors (Lipinski definition) is 1. The first-order chi connectivity index (χ1) is 9.56. The van der Waals surface area contributed by atoms with Crippen LogP contribution >= 0.6 is 0 Å². The summed E-state index contributed by atoms with van der Waals surface area (Å²) in [4.78, 5) is 22.4. The van der Waals surface area contributed by atoms with Crippen LogP contribution in [-0.4, -0.2) is 25.9 Å². The molecule has 1 aliphatic carbocycles. The minimum atomic E-state index is -0.349. The maximum Gasteiger partial charge on any atom is 0.231 e. The topological polar surface area (TPSA) is 64.6 Å². The summed E-state index contributed by atoms with van der Waals surface area (Å²) in [6, 6.07) is 0. The van der Waals surface area contributed by atoms with E-state index in [4.69, 9.17) is 9.47 Å². The molecule has 0 aromatic rings. The number of ether oxygens (including phenoxy) is 2. The largest absolute Gasteiger partial charge is 0.501 e. The Hall–Kier alpha value is -2.04. The maximum absolute atomic E-state index is 11.5. The number of methoxy groups -OCH3 is 2. The van der Waals surface area contributed by atoms with E-state index < -0.39 is 0 Å². The van der Waals surface area contributed by atoms with Crippen LogP contribution in [0.25, 0.3) is 0 Å². The first-order valence-corrected chi connectivity index (χ1v) is 6.55. The Morgan fingerprint density at radius 1 is 1.20 bits per heavy atom. The molecule has 1 amide bonds. The molecule has 5 nitrogen and oxygen atoms in total. The van der Waals surface area contributed by atoms with Crippen LogP contribution < -0.4 is 5.32 Å². The molecular weight excluding hydrogens is 258 g/mol. The smallest absolute Gasteiger partial charge is 0.231 e. The van der Waals surface area contributed by atoms with Gasteiger partial charge in [0.2, 0.25) is 5.91 Å². The number of carbonyl (C=O) groups excluding carboxylic acids is 2.